The third kappa shape index (κ3) is 2.79. The molecule has 7 heteroatoms. The maximum Gasteiger partial charge on any atom is 0.342 e. The number of nitrogens with zero attached hydrogens (tertiary/aromatic N) is 2. The Kier molecular flexibility index (Phi) is 3.62. The van der Waals surface area contributed by atoms with Crippen molar-refractivity contribution in [2.45, 2.75) is 6.92 Å². The van der Waals surface area contributed by atoms with Gasteiger partial charge < -0.3 is 9.84 Å². The van der Waals surface area contributed by atoms with Crippen LogP contribution >= 0.6 is 11.6 Å². The Bertz CT molecular complexity index is 649. The number of halogens is 2. The Morgan fingerprint density at radius 1 is 1.47 bits per heavy atom. The van der Waals surface area contributed by atoms with Gasteiger partial charge in [0.15, 0.2) is 11.6 Å². The molecule has 0 saturated heterocycles. The smallest absolute Gasteiger partial charge is 0.342 e. The molecule has 0 saturated carbocycles. The number of benzene rings is 1. The highest BCUT2D eigenvalue weighted by molar-refractivity contribution is 6.30. The van der Waals surface area contributed by atoms with Gasteiger partial charge in [0.2, 0.25) is 5.88 Å². The minimum atomic E-state index is -1.27. The van der Waals surface area contributed by atoms with Crippen LogP contribution in [0.5, 0.6) is 11.6 Å². The Labute approximate surface area is 112 Å². The van der Waals surface area contributed by atoms with E-state index in [4.69, 9.17) is 21.4 Å². The summed E-state index contributed by atoms with van der Waals surface area (Å²) in [7, 11) is 0. The fourth-order valence-corrected chi connectivity index (χ4v) is 1.51. The van der Waals surface area contributed by atoms with Crippen LogP contribution in [0, 0.1) is 12.7 Å². The Balaban J connectivity index is 2.45. The quantitative estimate of drug-likeness (QED) is 0.936. The number of carboxylic acids is 1. The van der Waals surface area contributed by atoms with E-state index in [9.17, 15) is 9.18 Å². The summed E-state index contributed by atoms with van der Waals surface area (Å²) in [5.74, 6) is -2.18. The summed E-state index contributed by atoms with van der Waals surface area (Å²) in [6, 6.07) is 4.16. The third-order valence-electron chi connectivity index (χ3n) is 2.23. The number of aryl methyl sites for hydroxylation is 1. The van der Waals surface area contributed by atoms with Crippen LogP contribution in [0.3, 0.4) is 0 Å². The van der Waals surface area contributed by atoms with Gasteiger partial charge in [-0.15, -0.1) is 0 Å². The van der Waals surface area contributed by atoms with E-state index in [0.29, 0.717) is 5.82 Å². The van der Waals surface area contributed by atoms with Gasteiger partial charge in [-0.3, -0.25) is 0 Å². The number of aromatic nitrogens is 2. The van der Waals surface area contributed by atoms with Crippen LogP contribution in [0.15, 0.2) is 24.4 Å². The normalized spacial score (nSPS) is 10.3. The SMILES string of the molecule is Cc1ncc(C(=O)O)c(Oc2cccc(Cl)c2F)n1. The van der Waals surface area contributed by atoms with E-state index in [2.05, 4.69) is 9.97 Å². The first-order valence-electron chi connectivity index (χ1n) is 5.18. The predicted octanol–water partition coefficient (Wildman–Crippen LogP) is 3.07. The number of carbonyl (C=O) groups is 1. The summed E-state index contributed by atoms with van der Waals surface area (Å²) in [5, 5.41) is 8.85. The van der Waals surface area contributed by atoms with Crippen molar-refractivity contribution < 1.29 is 19.0 Å². The molecule has 0 unspecified atom stereocenters. The highest BCUT2D eigenvalue weighted by Crippen LogP contribution is 2.29. The Morgan fingerprint density at radius 2 is 2.21 bits per heavy atom. The zero-order valence-electron chi connectivity index (χ0n) is 9.72. The van der Waals surface area contributed by atoms with Crippen molar-refractivity contribution in [2.24, 2.45) is 0 Å². The van der Waals surface area contributed by atoms with Crippen LogP contribution in [0.1, 0.15) is 16.2 Å². The van der Waals surface area contributed by atoms with Crippen LogP contribution in [0.25, 0.3) is 0 Å². The van der Waals surface area contributed by atoms with Crippen molar-refractivity contribution >= 4 is 17.6 Å². The Morgan fingerprint density at radius 3 is 2.89 bits per heavy atom. The summed E-state index contributed by atoms with van der Waals surface area (Å²) in [6.07, 6.45) is 1.10. The molecule has 19 heavy (non-hydrogen) atoms. The molecule has 0 bridgehead atoms. The average molecular weight is 283 g/mol. The molecule has 0 fully saturated rings. The minimum absolute atomic E-state index is 0.125. The molecule has 0 aliphatic rings. The van der Waals surface area contributed by atoms with E-state index >= 15 is 0 Å². The van der Waals surface area contributed by atoms with E-state index < -0.39 is 11.8 Å². The molecule has 2 aromatic rings. The van der Waals surface area contributed by atoms with Crippen LogP contribution in [0.4, 0.5) is 4.39 Å². The van der Waals surface area contributed by atoms with Crippen molar-refractivity contribution in [3.8, 4) is 11.6 Å². The molecule has 1 N–H and O–H groups in total. The summed E-state index contributed by atoms with van der Waals surface area (Å²) < 4.78 is 18.8. The first-order valence-corrected chi connectivity index (χ1v) is 5.55. The molecular formula is C12H8ClFN2O3. The Hall–Kier alpha value is -2.21. The van der Waals surface area contributed by atoms with Crippen LogP contribution < -0.4 is 4.74 Å². The zero-order chi connectivity index (χ0) is 14.0. The standard InChI is InChI=1S/C12H8ClFN2O3/c1-6-15-5-7(12(17)18)11(16-6)19-9-4-2-3-8(13)10(9)14/h2-5H,1H3,(H,17,18). The summed E-state index contributed by atoms with van der Waals surface area (Å²) in [4.78, 5) is 18.6. The molecule has 0 aliphatic heterocycles. The molecule has 1 aromatic heterocycles. The van der Waals surface area contributed by atoms with Crippen LogP contribution in [-0.2, 0) is 0 Å². The molecule has 2 rings (SSSR count). The molecule has 1 aromatic carbocycles. The van der Waals surface area contributed by atoms with E-state index in [0.717, 1.165) is 6.20 Å². The number of ether oxygens (including phenoxy) is 1. The first kappa shape index (κ1) is 13.2. The average Bonchev–Trinajstić information content (AvgIpc) is 2.35. The molecule has 0 amide bonds. The highest BCUT2D eigenvalue weighted by Gasteiger charge is 2.17. The third-order valence-corrected chi connectivity index (χ3v) is 2.52. The number of hydrogen-bond acceptors (Lipinski definition) is 4. The summed E-state index contributed by atoms with van der Waals surface area (Å²) in [5.41, 5.74) is -0.259. The molecule has 0 atom stereocenters. The van der Waals surface area contributed by atoms with Crippen molar-refractivity contribution in [3.63, 3.8) is 0 Å². The minimum Gasteiger partial charge on any atom is -0.477 e. The number of aromatic carboxylic acids is 1. The maximum absolute atomic E-state index is 13.7. The fourth-order valence-electron chi connectivity index (χ4n) is 1.34. The first-order chi connectivity index (χ1) is 8.99. The number of carboxylic acid groups (broad SMARTS) is 1. The van der Waals surface area contributed by atoms with Crippen molar-refractivity contribution in [3.05, 3.63) is 46.6 Å². The van der Waals surface area contributed by atoms with Gasteiger partial charge in [0.1, 0.15) is 11.4 Å². The molecule has 5 nitrogen and oxygen atoms in total. The van der Waals surface area contributed by atoms with Gasteiger partial charge in [0.05, 0.1) is 5.02 Å². The van der Waals surface area contributed by atoms with Gasteiger partial charge >= 0.3 is 5.97 Å². The largest absolute Gasteiger partial charge is 0.477 e. The summed E-state index contributed by atoms with van der Waals surface area (Å²) >= 11 is 5.61. The second-order valence-corrected chi connectivity index (χ2v) is 4.00. The molecule has 98 valence electrons. The van der Waals surface area contributed by atoms with Gasteiger partial charge in [0, 0.05) is 6.20 Å². The number of rotatable bonds is 3. The van der Waals surface area contributed by atoms with Crippen molar-refractivity contribution in [2.75, 3.05) is 0 Å². The lowest BCUT2D eigenvalue weighted by Crippen LogP contribution is -2.05. The van der Waals surface area contributed by atoms with Crippen molar-refractivity contribution in [1.82, 2.24) is 9.97 Å². The second kappa shape index (κ2) is 5.19. The van der Waals surface area contributed by atoms with Crippen molar-refractivity contribution in [1.29, 1.82) is 0 Å². The lowest BCUT2D eigenvalue weighted by atomic mass is 10.3. The predicted molar refractivity (Wildman–Crippen MR) is 65.2 cm³/mol. The van der Waals surface area contributed by atoms with Crippen LogP contribution in [0.2, 0.25) is 5.02 Å². The topological polar surface area (TPSA) is 72.3 Å². The molecular weight excluding hydrogens is 275 g/mol. The van der Waals surface area contributed by atoms with E-state index in [1.807, 2.05) is 0 Å². The molecule has 0 radical (unpaired) electrons. The lowest BCUT2D eigenvalue weighted by molar-refractivity contribution is 0.0692. The maximum atomic E-state index is 13.7. The van der Waals surface area contributed by atoms with E-state index in [1.54, 1.807) is 6.92 Å². The van der Waals surface area contributed by atoms with E-state index in [1.165, 1.54) is 18.2 Å². The fraction of sp³-hybridized carbons (Fsp3) is 0.0833. The molecule has 0 spiro atoms. The van der Waals surface area contributed by atoms with Gasteiger partial charge in [-0.05, 0) is 19.1 Å². The van der Waals surface area contributed by atoms with Gasteiger partial charge in [-0.2, -0.15) is 4.98 Å². The van der Waals surface area contributed by atoms with Gasteiger partial charge in [0.25, 0.3) is 0 Å². The van der Waals surface area contributed by atoms with Crippen LogP contribution in [-0.4, -0.2) is 21.0 Å². The molecule has 1 heterocycles. The molecule has 0 aliphatic carbocycles. The highest BCUT2D eigenvalue weighted by atomic mass is 35.5. The lowest BCUT2D eigenvalue weighted by Gasteiger charge is -2.09. The monoisotopic (exact) mass is 282 g/mol. The second-order valence-electron chi connectivity index (χ2n) is 3.60. The van der Waals surface area contributed by atoms with E-state index in [-0.39, 0.29) is 22.2 Å². The van der Waals surface area contributed by atoms with Gasteiger partial charge in [-0.25, -0.2) is 14.2 Å². The number of hydrogen-bond donors (Lipinski definition) is 1. The zero-order valence-corrected chi connectivity index (χ0v) is 10.5. The van der Waals surface area contributed by atoms with Gasteiger partial charge in [-0.1, -0.05) is 17.7 Å². The summed E-state index contributed by atoms with van der Waals surface area (Å²) in [6.45, 7) is 1.56.